The minimum absolute atomic E-state index is 0.0142. The van der Waals surface area contributed by atoms with Crippen LogP contribution in [0.4, 0.5) is 0 Å². The maximum absolute atomic E-state index is 13.7. The molecule has 7 fully saturated rings. The van der Waals surface area contributed by atoms with Crippen LogP contribution in [0.15, 0.2) is 11.6 Å². The highest BCUT2D eigenvalue weighted by molar-refractivity contribution is 5.88. The summed E-state index contributed by atoms with van der Waals surface area (Å²) >= 11 is 0. The van der Waals surface area contributed by atoms with Gasteiger partial charge in [-0.25, -0.2) is 9.59 Å². The van der Waals surface area contributed by atoms with E-state index in [4.69, 9.17) is 23.7 Å². The van der Waals surface area contributed by atoms with Crippen molar-refractivity contribution in [2.24, 2.45) is 50.7 Å². The number of cyclic esters (lactones) is 1. The van der Waals surface area contributed by atoms with Gasteiger partial charge in [0, 0.05) is 12.0 Å². The van der Waals surface area contributed by atoms with Crippen molar-refractivity contribution >= 4 is 17.9 Å². The number of carboxylic acids is 2. The van der Waals surface area contributed by atoms with E-state index in [2.05, 4.69) is 20.8 Å². The van der Waals surface area contributed by atoms with Crippen molar-refractivity contribution in [1.29, 1.82) is 0 Å². The number of ether oxygens (including phenoxy) is 5. The number of carbonyl (C=O) groups is 3. The molecule has 16 nitrogen and oxygen atoms in total. The van der Waals surface area contributed by atoms with Crippen LogP contribution in [0.1, 0.15) is 98.8 Å². The summed E-state index contributed by atoms with van der Waals surface area (Å²) in [4.78, 5) is 38.4. The zero-order chi connectivity index (χ0) is 42.8. The van der Waals surface area contributed by atoms with Crippen LogP contribution in [0, 0.1) is 50.7 Å². The first kappa shape index (κ1) is 43.4. The average Bonchev–Trinajstić information content (AvgIpc) is 3.78. The molecule has 8 aliphatic rings. The number of hydrogen-bond donors (Lipinski definition) is 8. The molecule has 0 aromatic heterocycles. The molecule has 5 saturated carbocycles. The monoisotopic (exact) mass is 836 g/mol. The van der Waals surface area contributed by atoms with Gasteiger partial charge in [0.15, 0.2) is 12.4 Å². The van der Waals surface area contributed by atoms with Gasteiger partial charge in [-0.2, -0.15) is 0 Å². The Bertz CT molecular complexity index is 1700. The number of fused-ring (bicyclic) bond motifs is 2. The van der Waals surface area contributed by atoms with E-state index in [1.165, 1.54) is 0 Å². The predicted molar refractivity (Wildman–Crippen MR) is 203 cm³/mol. The second-order valence-electron chi connectivity index (χ2n) is 20.2. The third-order valence-corrected chi connectivity index (χ3v) is 18.2. The molecular formula is C43H64O16. The maximum atomic E-state index is 13.7. The summed E-state index contributed by atoms with van der Waals surface area (Å²) in [5.74, 6) is -2.16. The molecule has 2 spiro atoms. The van der Waals surface area contributed by atoms with E-state index in [0.717, 1.165) is 44.9 Å². The number of aliphatic hydroxyl groups is 6. The summed E-state index contributed by atoms with van der Waals surface area (Å²) in [5.41, 5.74) is -1.01. The van der Waals surface area contributed by atoms with Crippen molar-refractivity contribution in [3.63, 3.8) is 0 Å². The van der Waals surface area contributed by atoms with Crippen LogP contribution < -0.4 is 0 Å². The quantitative estimate of drug-likeness (QED) is 0.115. The van der Waals surface area contributed by atoms with Gasteiger partial charge < -0.3 is 64.5 Å². The van der Waals surface area contributed by atoms with Crippen LogP contribution in [-0.4, -0.2) is 145 Å². The minimum atomic E-state index is -1.97. The van der Waals surface area contributed by atoms with Gasteiger partial charge >= 0.3 is 17.9 Å². The van der Waals surface area contributed by atoms with Gasteiger partial charge in [-0.3, -0.25) is 4.79 Å². The molecule has 3 aliphatic heterocycles. The Morgan fingerprint density at radius 1 is 0.831 bits per heavy atom. The predicted octanol–water partition coefficient (Wildman–Crippen LogP) is 1.53. The first-order chi connectivity index (χ1) is 27.7. The molecule has 16 heteroatoms. The molecule has 3 heterocycles. The van der Waals surface area contributed by atoms with Crippen molar-refractivity contribution in [3.05, 3.63) is 11.6 Å². The van der Waals surface area contributed by atoms with Crippen LogP contribution in [0.3, 0.4) is 0 Å². The topological polar surface area (TPSA) is 259 Å². The number of hydrogen-bond acceptors (Lipinski definition) is 14. The molecule has 5 aliphatic carbocycles. The van der Waals surface area contributed by atoms with Crippen LogP contribution in [0.2, 0.25) is 0 Å². The highest BCUT2D eigenvalue weighted by Crippen LogP contribution is 2.89. The number of esters is 1. The van der Waals surface area contributed by atoms with Crippen LogP contribution in [0.25, 0.3) is 0 Å². The lowest BCUT2D eigenvalue weighted by Crippen LogP contribution is -2.65. The van der Waals surface area contributed by atoms with Crippen molar-refractivity contribution in [1.82, 2.24) is 0 Å². The lowest BCUT2D eigenvalue weighted by atomic mass is 9.41. The molecule has 332 valence electrons. The second-order valence-corrected chi connectivity index (χ2v) is 20.2. The summed E-state index contributed by atoms with van der Waals surface area (Å²) in [6, 6.07) is 0. The Balaban J connectivity index is 1.02. The molecule has 21 atom stereocenters. The SMILES string of the molecule is CC1=CCC([C@@H](C)C2CCC3(C)C4CCC5C6(CC[C@H](OC7O[C@H](C(=O)O)[C@@H](O)[C@H](O)[C@H]7OC[C@H]7OC(CO)[C@@H](O)[C@H](O)[C@H]7O)[C@@]5(C)C(=O)O)CC46CC[C@]23C)OC1=O. The molecule has 0 bridgehead atoms. The zero-order valence-electron chi connectivity index (χ0n) is 34.6. The van der Waals surface area contributed by atoms with Gasteiger partial charge in [0.05, 0.1) is 24.7 Å². The van der Waals surface area contributed by atoms with Gasteiger partial charge in [-0.05, 0) is 117 Å². The van der Waals surface area contributed by atoms with E-state index >= 15 is 0 Å². The Kier molecular flexibility index (Phi) is 11.0. The fraction of sp³-hybridized carbons (Fsp3) is 0.884. The van der Waals surface area contributed by atoms with Crippen molar-refractivity contribution in [2.75, 3.05) is 13.2 Å². The van der Waals surface area contributed by atoms with E-state index in [1.54, 1.807) is 13.8 Å². The summed E-state index contributed by atoms with van der Waals surface area (Å²) in [6.45, 7) is 9.40. The highest BCUT2D eigenvalue weighted by Gasteiger charge is 2.83. The lowest BCUT2D eigenvalue weighted by molar-refractivity contribution is -0.332. The third-order valence-electron chi connectivity index (χ3n) is 18.2. The molecule has 2 saturated heterocycles. The molecule has 0 radical (unpaired) electrons. The average molecular weight is 837 g/mol. The summed E-state index contributed by atoms with van der Waals surface area (Å²) in [5, 5.41) is 83.9. The minimum Gasteiger partial charge on any atom is -0.481 e. The maximum Gasteiger partial charge on any atom is 0.335 e. The van der Waals surface area contributed by atoms with Crippen LogP contribution >= 0.6 is 0 Å². The Labute approximate surface area is 344 Å². The normalized spacial score (nSPS) is 53.4. The smallest absolute Gasteiger partial charge is 0.335 e. The summed E-state index contributed by atoms with van der Waals surface area (Å²) in [7, 11) is 0. The number of aliphatic carboxylic acids is 2. The highest BCUT2D eigenvalue weighted by atomic mass is 16.7. The summed E-state index contributed by atoms with van der Waals surface area (Å²) in [6.07, 6.45) is -7.48. The Morgan fingerprint density at radius 2 is 1.51 bits per heavy atom. The van der Waals surface area contributed by atoms with Gasteiger partial charge in [-0.1, -0.05) is 26.8 Å². The molecule has 8 rings (SSSR count). The van der Waals surface area contributed by atoms with Crippen molar-refractivity contribution in [3.8, 4) is 0 Å². The molecule has 8 N–H and O–H groups in total. The van der Waals surface area contributed by atoms with E-state index in [1.807, 2.05) is 6.08 Å². The van der Waals surface area contributed by atoms with E-state index in [9.17, 15) is 55.2 Å². The number of carbonyl (C=O) groups excluding carboxylic acids is 1. The fourth-order valence-corrected chi connectivity index (χ4v) is 14.7. The zero-order valence-corrected chi connectivity index (χ0v) is 34.6. The number of aliphatic hydroxyl groups excluding tert-OH is 6. The van der Waals surface area contributed by atoms with Crippen molar-refractivity contribution < 1.29 is 78.9 Å². The first-order valence-electron chi connectivity index (χ1n) is 21.7. The van der Waals surface area contributed by atoms with Gasteiger partial charge in [0.2, 0.25) is 0 Å². The molecule has 0 amide bonds. The molecule has 59 heavy (non-hydrogen) atoms. The second kappa shape index (κ2) is 14.9. The van der Waals surface area contributed by atoms with E-state index in [0.29, 0.717) is 36.7 Å². The fourth-order valence-electron chi connectivity index (χ4n) is 14.7. The van der Waals surface area contributed by atoms with Gasteiger partial charge in [0.25, 0.3) is 0 Å². The number of rotatable bonds is 10. The van der Waals surface area contributed by atoms with E-state index in [-0.39, 0.29) is 45.6 Å². The Hall–Kier alpha value is -2.25. The lowest BCUT2D eigenvalue weighted by Gasteiger charge is -2.63. The molecule has 0 aromatic rings. The standard InChI is InChI=1S/C43H64O16/c1-19-6-7-22(57-36(19)52)20(2)21-10-12-40(4)25-8-9-26-41(5,38(53)54)27(11-13-42(26)18-43(25,42)15-14-39(21,40)3)58-37-34(32(49)31(48)33(59-37)35(50)51)55-17-24-29(46)30(47)28(45)23(16-44)56-24/h6,20-34,37,44-49H,7-18H2,1-5H3,(H,50,51)(H,53,54)/t20-,21?,22?,23?,24+,25?,26?,27-,28+,29-,30-,31-,32-,33-,34+,37?,39+,40?,41-,42?,43?/m0/s1. The van der Waals surface area contributed by atoms with Crippen LogP contribution in [-0.2, 0) is 38.1 Å². The van der Waals surface area contributed by atoms with E-state index < -0.39 is 97.9 Å². The molecule has 0 aromatic carbocycles. The van der Waals surface area contributed by atoms with Crippen LogP contribution in [0.5, 0.6) is 0 Å². The summed E-state index contributed by atoms with van der Waals surface area (Å²) < 4.78 is 29.7. The molecule has 9 unspecified atom stereocenters. The number of carboxylic acid groups (broad SMARTS) is 2. The third kappa shape index (κ3) is 6.16. The first-order valence-corrected chi connectivity index (χ1v) is 21.7. The van der Waals surface area contributed by atoms with Gasteiger partial charge in [-0.15, -0.1) is 0 Å². The Morgan fingerprint density at radius 3 is 2.17 bits per heavy atom. The van der Waals surface area contributed by atoms with Crippen molar-refractivity contribution in [2.45, 2.75) is 172 Å². The largest absolute Gasteiger partial charge is 0.481 e. The molecular weight excluding hydrogens is 772 g/mol. The van der Waals surface area contributed by atoms with Gasteiger partial charge in [0.1, 0.15) is 54.9 Å².